The van der Waals surface area contributed by atoms with Gasteiger partial charge >= 0.3 is 0 Å². The number of aromatic nitrogens is 1. The average Bonchev–Trinajstić information content (AvgIpc) is 2.64. The van der Waals surface area contributed by atoms with Crippen molar-refractivity contribution in [1.82, 2.24) is 9.88 Å². The molecule has 0 saturated carbocycles. The van der Waals surface area contributed by atoms with E-state index in [2.05, 4.69) is 4.98 Å². The van der Waals surface area contributed by atoms with Crippen molar-refractivity contribution in [3.05, 3.63) is 29.0 Å². The number of amides is 1. The van der Waals surface area contributed by atoms with Gasteiger partial charge in [0.25, 0.3) is 5.91 Å². The first kappa shape index (κ1) is 10.4. The summed E-state index contributed by atoms with van der Waals surface area (Å²) < 4.78 is 0. The van der Waals surface area contributed by atoms with Crippen LogP contribution in [0.25, 0.3) is 0 Å². The first-order chi connectivity index (χ1) is 7.16. The molecule has 0 radical (unpaired) electrons. The minimum atomic E-state index is -0.409. The van der Waals surface area contributed by atoms with Crippen molar-refractivity contribution in [2.24, 2.45) is 0 Å². The summed E-state index contributed by atoms with van der Waals surface area (Å²) in [6, 6.07) is 3.16. The van der Waals surface area contributed by atoms with Gasteiger partial charge in [0.05, 0.1) is 6.10 Å². The first-order valence-electron chi connectivity index (χ1n) is 4.76. The van der Waals surface area contributed by atoms with Crippen molar-refractivity contribution >= 4 is 17.5 Å². The molecule has 0 aliphatic carbocycles. The summed E-state index contributed by atoms with van der Waals surface area (Å²) in [4.78, 5) is 17.4. The molecule has 4 nitrogen and oxygen atoms in total. The topological polar surface area (TPSA) is 53.4 Å². The molecule has 1 atom stereocenters. The Balaban J connectivity index is 2.14. The fraction of sp³-hybridized carbons (Fsp3) is 0.400. The molecule has 1 aromatic rings. The van der Waals surface area contributed by atoms with Crippen molar-refractivity contribution in [3.8, 4) is 0 Å². The minimum Gasteiger partial charge on any atom is -0.391 e. The monoisotopic (exact) mass is 226 g/mol. The van der Waals surface area contributed by atoms with Gasteiger partial charge in [0.1, 0.15) is 5.69 Å². The van der Waals surface area contributed by atoms with Crippen molar-refractivity contribution in [1.29, 1.82) is 0 Å². The number of pyridine rings is 1. The maximum atomic E-state index is 11.8. The van der Waals surface area contributed by atoms with Crippen LogP contribution in [0, 0.1) is 0 Å². The number of hydrogen-bond acceptors (Lipinski definition) is 3. The molecule has 0 aromatic carbocycles. The Kier molecular flexibility index (Phi) is 2.88. The molecule has 80 valence electrons. The lowest BCUT2D eigenvalue weighted by atomic mass is 10.3. The van der Waals surface area contributed by atoms with Gasteiger partial charge in [-0.15, -0.1) is 0 Å². The standard InChI is InChI=1S/C10H11ClN2O2/c11-7-1-3-12-9(5-7)10(15)13-4-2-8(14)6-13/h1,3,5,8,14H,2,4,6H2/t8-/m1/s1. The van der Waals surface area contributed by atoms with Crippen molar-refractivity contribution < 1.29 is 9.90 Å². The lowest BCUT2D eigenvalue weighted by molar-refractivity contribution is 0.0759. The maximum absolute atomic E-state index is 11.8. The highest BCUT2D eigenvalue weighted by molar-refractivity contribution is 6.30. The van der Waals surface area contributed by atoms with Crippen molar-refractivity contribution in [2.75, 3.05) is 13.1 Å². The van der Waals surface area contributed by atoms with Gasteiger partial charge in [-0.3, -0.25) is 9.78 Å². The van der Waals surface area contributed by atoms with Gasteiger partial charge in [0.15, 0.2) is 0 Å². The average molecular weight is 227 g/mol. The van der Waals surface area contributed by atoms with E-state index in [0.29, 0.717) is 30.2 Å². The van der Waals surface area contributed by atoms with E-state index in [9.17, 15) is 9.90 Å². The lowest BCUT2D eigenvalue weighted by Gasteiger charge is -2.14. The maximum Gasteiger partial charge on any atom is 0.272 e. The molecule has 1 aliphatic rings. The molecule has 1 amide bonds. The van der Waals surface area contributed by atoms with Gasteiger partial charge < -0.3 is 10.0 Å². The number of halogens is 1. The summed E-state index contributed by atoms with van der Waals surface area (Å²) in [6.07, 6.45) is 1.72. The number of hydrogen-bond donors (Lipinski definition) is 1. The van der Waals surface area contributed by atoms with E-state index in [1.165, 1.54) is 12.3 Å². The summed E-state index contributed by atoms with van der Waals surface area (Å²) in [6.45, 7) is 0.960. The number of aliphatic hydroxyl groups excluding tert-OH is 1. The molecule has 2 heterocycles. The van der Waals surface area contributed by atoms with Gasteiger partial charge in [0, 0.05) is 24.3 Å². The zero-order valence-corrected chi connectivity index (χ0v) is 8.81. The van der Waals surface area contributed by atoms with E-state index in [-0.39, 0.29) is 5.91 Å². The van der Waals surface area contributed by atoms with Crippen LogP contribution in [0.2, 0.25) is 5.02 Å². The highest BCUT2D eigenvalue weighted by atomic mass is 35.5. The van der Waals surface area contributed by atoms with Gasteiger partial charge in [-0.05, 0) is 18.6 Å². The zero-order valence-electron chi connectivity index (χ0n) is 8.06. The Morgan fingerprint density at radius 1 is 1.67 bits per heavy atom. The van der Waals surface area contributed by atoms with E-state index in [4.69, 9.17) is 11.6 Å². The quantitative estimate of drug-likeness (QED) is 0.776. The molecule has 5 heteroatoms. The molecule has 0 unspecified atom stereocenters. The third-order valence-electron chi connectivity index (χ3n) is 2.39. The first-order valence-corrected chi connectivity index (χ1v) is 5.13. The predicted molar refractivity (Wildman–Crippen MR) is 55.8 cm³/mol. The second kappa shape index (κ2) is 4.16. The Morgan fingerprint density at radius 3 is 3.07 bits per heavy atom. The van der Waals surface area contributed by atoms with Crippen molar-refractivity contribution in [2.45, 2.75) is 12.5 Å². The molecule has 1 saturated heterocycles. The number of likely N-dealkylation sites (tertiary alicyclic amines) is 1. The summed E-state index contributed by atoms with van der Waals surface area (Å²) in [5, 5.41) is 9.80. The Labute approximate surface area is 92.5 Å². The van der Waals surface area contributed by atoms with Gasteiger partial charge in [-0.25, -0.2) is 0 Å². The second-order valence-electron chi connectivity index (χ2n) is 3.55. The van der Waals surface area contributed by atoms with Crippen LogP contribution in [0.1, 0.15) is 16.9 Å². The van der Waals surface area contributed by atoms with Gasteiger partial charge in [0.2, 0.25) is 0 Å². The Bertz CT molecular complexity index is 383. The number of carbonyl (C=O) groups is 1. The highest BCUT2D eigenvalue weighted by Gasteiger charge is 2.25. The fourth-order valence-corrected chi connectivity index (χ4v) is 1.77. The van der Waals surface area contributed by atoms with Crippen LogP contribution in [0.15, 0.2) is 18.3 Å². The molecule has 1 N–H and O–H groups in total. The molecule has 1 fully saturated rings. The summed E-state index contributed by atoms with van der Waals surface area (Å²) >= 11 is 5.76. The molecule has 2 rings (SSSR count). The van der Waals surface area contributed by atoms with Crippen LogP contribution >= 0.6 is 11.6 Å². The number of rotatable bonds is 1. The lowest BCUT2D eigenvalue weighted by Crippen LogP contribution is -2.30. The minimum absolute atomic E-state index is 0.172. The van der Waals surface area contributed by atoms with Gasteiger partial charge in [-0.2, -0.15) is 0 Å². The largest absolute Gasteiger partial charge is 0.391 e. The fourth-order valence-electron chi connectivity index (χ4n) is 1.61. The molecular formula is C10H11ClN2O2. The van der Waals surface area contributed by atoms with Crippen molar-refractivity contribution in [3.63, 3.8) is 0 Å². The number of aliphatic hydroxyl groups is 1. The van der Waals surface area contributed by atoms with Crippen LogP contribution < -0.4 is 0 Å². The summed E-state index contributed by atoms with van der Waals surface area (Å²) in [5.74, 6) is -0.172. The van der Waals surface area contributed by atoms with Gasteiger partial charge in [-0.1, -0.05) is 11.6 Å². The predicted octanol–water partition coefficient (Wildman–Crippen LogP) is 0.942. The SMILES string of the molecule is O=C(c1cc(Cl)ccn1)N1CC[C@@H](O)C1. The molecule has 0 spiro atoms. The molecule has 1 aromatic heterocycles. The molecule has 0 bridgehead atoms. The normalized spacial score (nSPS) is 20.7. The third-order valence-corrected chi connectivity index (χ3v) is 2.63. The van der Waals surface area contributed by atoms with E-state index >= 15 is 0 Å². The smallest absolute Gasteiger partial charge is 0.272 e. The summed E-state index contributed by atoms with van der Waals surface area (Å²) in [7, 11) is 0. The Hall–Kier alpha value is -1.13. The Morgan fingerprint density at radius 2 is 2.47 bits per heavy atom. The van der Waals surface area contributed by atoms with Crippen LogP contribution in [-0.4, -0.2) is 40.1 Å². The second-order valence-corrected chi connectivity index (χ2v) is 3.99. The van der Waals surface area contributed by atoms with Crippen LogP contribution in [-0.2, 0) is 0 Å². The molecule has 1 aliphatic heterocycles. The van der Waals surface area contributed by atoms with Crippen LogP contribution in [0.4, 0.5) is 0 Å². The van der Waals surface area contributed by atoms with Crippen LogP contribution in [0.3, 0.4) is 0 Å². The van der Waals surface area contributed by atoms with E-state index in [1.807, 2.05) is 0 Å². The zero-order chi connectivity index (χ0) is 10.8. The molecular weight excluding hydrogens is 216 g/mol. The number of nitrogens with zero attached hydrogens (tertiary/aromatic N) is 2. The van der Waals surface area contributed by atoms with E-state index in [1.54, 1.807) is 11.0 Å². The number of β-amino-alcohol motifs (C(OH)–C–C–N with tert-alkyl or cyclic N) is 1. The number of carbonyl (C=O) groups excluding carboxylic acids is 1. The van der Waals surface area contributed by atoms with E-state index < -0.39 is 6.10 Å². The van der Waals surface area contributed by atoms with Crippen LogP contribution in [0.5, 0.6) is 0 Å². The molecule has 15 heavy (non-hydrogen) atoms. The summed E-state index contributed by atoms with van der Waals surface area (Å²) in [5.41, 5.74) is 0.330. The van der Waals surface area contributed by atoms with E-state index in [0.717, 1.165) is 0 Å². The third kappa shape index (κ3) is 2.27. The highest BCUT2D eigenvalue weighted by Crippen LogP contribution is 2.14.